The van der Waals surface area contributed by atoms with Gasteiger partial charge in [0.1, 0.15) is 18.5 Å². The van der Waals surface area contributed by atoms with Gasteiger partial charge < -0.3 is 9.64 Å². The summed E-state index contributed by atoms with van der Waals surface area (Å²) in [6.07, 6.45) is 1.22. The highest BCUT2D eigenvalue weighted by molar-refractivity contribution is 8.01. The quantitative estimate of drug-likeness (QED) is 0.792. The van der Waals surface area contributed by atoms with Crippen LogP contribution < -0.4 is 0 Å². The highest BCUT2D eigenvalue weighted by Gasteiger charge is 2.53. The maximum atomic E-state index is 13.0. The number of fused-ring (bicyclic) bond motifs is 1. The van der Waals surface area contributed by atoms with Crippen molar-refractivity contribution in [3.8, 4) is 0 Å². The van der Waals surface area contributed by atoms with Gasteiger partial charge in [0.05, 0.1) is 9.89 Å². The molecule has 0 saturated carbocycles. The van der Waals surface area contributed by atoms with Crippen LogP contribution in [0.15, 0.2) is 18.2 Å². The van der Waals surface area contributed by atoms with Gasteiger partial charge in [0.15, 0.2) is 0 Å². The van der Waals surface area contributed by atoms with Crippen molar-refractivity contribution in [3.63, 3.8) is 0 Å². The minimum absolute atomic E-state index is 0.00531. The van der Waals surface area contributed by atoms with Crippen LogP contribution in [0.1, 0.15) is 25.3 Å². The van der Waals surface area contributed by atoms with Gasteiger partial charge in [-0.25, -0.2) is 9.18 Å². The summed E-state index contributed by atoms with van der Waals surface area (Å²) in [4.78, 5) is 25.6. The molecule has 1 aromatic carbocycles. The molecule has 22 heavy (non-hydrogen) atoms. The standard InChI is InChI=1S/C15H15ClFNO3S/c1-15-5-4-13(19)18(15)12(8-22-15)14(20)21-7-9-2-3-10(17)6-11(9)16/h2-3,6,12H,4-5,7-8H2,1H3/t12-,15+/m0/s1. The van der Waals surface area contributed by atoms with Crippen LogP contribution in [-0.4, -0.2) is 33.4 Å². The van der Waals surface area contributed by atoms with Crippen LogP contribution in [0.4, 0.5) is 4.39 Å². The van der Waals surface area contributed by atoms with E-state index in [-0.39, 0.29) is 22.4 Å². The number of hydrogen-bond acceptors (Lipinski definition) is 4. The number of ether oxygens (including phenoxy) is 1. The SMILES string of the molecule is C[C@@]12CCC(=O)N1[C@H](C(=O)OCc1ccc(F)cc1Cl)CS2. The molecule has 2 heterocycles. The predicted octanol–water partition coefficient (Wildman–Crippen LogP) is 2.98. The van der Waals surface area contributed by atoms with E-state index in [1.54, 1.807) is 16.7 Å². The van der Waals surface area contributed by atoms with E-state index >= 15 is 0 Å². The Balaban J connectivity index is 1.66. The van der Waals surface area contributed by atoms with E-state index in [9.17, 15) is 14.0 Å². The Kier molecular flexibility index (Phi) is 4.07. The van der Waals surface area contributed by atoms with Crippen molar-refractivity contribution in [1.29, 1.82) is 0 Å². The van der Waals surface area contributed by atoms with E-state index < -0.39 is 17.8 Å². The van der Waals surface area contributed by atoms with Gasteiger partial charge in [-0.3, -0.25) is 4.79 Å². The van der Waals surface area contributed by atoms with E-state index in [1.807, 2.05) is 6.92 Å². The molecule has 0 aromatic heterocycles. The number of thioether (sulfide) groups is 1. The van der Waals surface area contributed by atoms with E-state index in [2.05, 4.69) is 0 Å². The van der Waals surface area contributed by atoms with Gasteiger partial charge in [-0.2, -0.15) is 0 Å². The molecule has 0 N–H and O–H groups in total. The molecule has 118 valence electrons. The average molecular weight is 344 g/mol. The summed E-state index contributed by atoms with van der Waals surface area (Å²) in [6, 6.07) is 3.38. The molecule has 0 bridgehead atoms. The number of benzene rings is 1. The number of carbonyl (C=O) groups excluding carboxylic acids is 2. The molecule has 4 nitrogen and oxygen atoms in total. The molecule has 1 aromatic rings. The summed E-state index contributed by atoms with van der Waals surface area (Å²) in [7, 11) is 0. The van der Waals surface area contributed by atoms with Gasteiger partial charge in [0.25, 0.3) is 0 Å². The lowest BCUT2D eigenvalue weighted by molar-refractivity contribution is -0.154. The molecule has 2 aliphatic heterocycles. The van der Waals surface area contributed by atoms with Crippen molar-refractivity contribution in [2.75, 3.05) is 5.75 Å². The molecule has 2 fully saturated rings. The summed E-state index contributed by atoms with van der Waals surface area (Å²) in [5.74, 6) is -0.343. The van der Waals surface area contributed by atoms with Crippen molar-refractivity contribution in [2.24, 2.45) is 0 Å². The molecule has 7 heteroatoms. The van der Waals surface area contributed by atoms with Crippen molar-refractivity contribution in [2.45, 2.75) is 37.3 Å². The van der Waals surface area contributed by atoms with E-state index in [1.165, 1.54) is 18.2 Å². The number of hydrogen-bond donors (Lipinski definition) is 0. The van der Waals surface area contributed by atoms with Crippen molar-refractivity contribution in [1.82, 2.24) is 4.90 Å². The van der Waals surface area contributed by atoms with Crippen molar-refractivity contribution < 1.29 is 18.7 Å². The van der Waals surface area contributed by atoms with Crippen LogP contribution >= 0.6 is 23.4 Å². The molecule has 1 amide bonds. The monoisotopic (exact) mass is 343 g/mol. The van der Waals surface area contributed by atoms with Crippen LogP contribution in [0.3, 0.4) is 0 Å². The van der Waals surface area contributed by atoms with Crippen LogP contribution in [0, 0.1) is 5.82 Å². The Morgan fingerprint density at radius 3 is 3.09 bits per heavy atom. The minimum atomic E-state index is -0.552. The smallest absolute Gasteiger partial charge is 0.330 e. The number of esters is 1. The zero-order chi connectivity index (χ0) is 15.9. The molecular weight excluding hydrogens is 329 g/mol. The zero-order valence-electron chi connectivity index (χ0n) is 12.0. The lowest BCUT2D eigenvalue weighted by atomic mass is 10.2. The topological polar surface area (TPSA) is 46.6 Å². The minimum Gasteiger partial charge on any atom is -0.459 e. The van der Waals surface area contributed by atoms with Gasteiger partial charge in [0.2, 0.25) is 5.91 Å². The molecule has 0 radical (unpaired) electrons. The fourth-order valence-corrected chi connectivity index (χ4v) is 4.52. The number of amides is 1. The molecule has 2 saturated heterocycles. The Morgan fingerprint density at radius 2 is 2.36 bits per heavy atom. The fourth-order valence-electron chi connectivity index (χ4n) is 2.88. The largest absolute Gasteiger partial charge is 0.459 e. The average Bonchev–Trinajstić information content (AvgIpc) is 2.95. The first-order chi connectivity index (χ1) is 10.4. The highest BCUT2D eigenvalue weighted by atomic mass is 35.5. The third-order valence-corrected chi connectivity index (χ3v) is 5.96. The van der Waals surface area contributed by atoms with Gasteiger partial charge in [-0.15, -0.1) is 11.8 Å². The summed E-state index contributed by atoms with van der Waals surface area (Å²) in [5.41, 5.74) is 0.539. The molecule has 0 unspecified atom stereocenters. The normalized spacial score (nSPS) is 27.1. The first-order valence-corrected chi connectivity index (χ1v) is 8.34. The number of rotatable bonds is 3. The van der Waals surface area contributed by atoms with Crippen molar-refractivity contribution >= 4 is 35.2 Å². The van der Waals surface area contributed by atoms with Crippen molar-refractivity contribution in [3.05, 3.63) is 34.6 Å². The molecule has 3 rings (SSSR count). The second-order valence-electron chi connectivity index (χ2n) is 5.61. The first kappa shape index (κ1) is 15.6. The molecule has 2 atom stereocenters. The van der Waals surface area contributed by atoms with E-state index in [4.69, 9.17) is 16.3 Å². The van der Waals surface area contributed by atoms with Gasteiger partial charge in [-0.1, -0.05) is 17.7 Å². The molecular formula is C15H15ClFNO3S. The summed E-state index contributed by atoms with van der Waals surface area (Å²) < 4.78 is 18.3. The van der Waals surface area contributed by atoms with Gasteiger partial charge >= 0.3 is 5.97 Å². The summed E-state index contributed by atoms with van der Waals surface area (Å²) in [5, 5.41) is 0.218. The maximum absolute atomic E-state index is 13.0. The Labute approximate surface area is 136 Å². The highest BCUT2D eigenvalue weighted by Crippen LogP contribution is 2.47. The fraction of sp³-hybridized carbons (Fsp3) is 0.467. The Morgan fingerprint density at radius 1 is 1.59 bits per heavy atom. The number of nitrogens with zero attached hydrogens (tertiary/aromatic N) is 1. The Hall–Kier alpha value is -1.27. The predicted molar refractivity (Wildman–Crippen MR) is 81.9 cm³/mol. The molecule has 2 aliphatic rings. The summed E-state index contributed by atoms with van der Waals surface area (Å²) in [6.45, 7) is 1.95. The lowest BCUT2D eigenvalue weighted by Crippen LogP contribution is -2.46. The third kappa shape index (κ3) is 2.70. The first-order valence-electron chi connectivity index (χ1n) is 6.97. The molecule has 0 aliphatic carbocycles. The molecule has 0 spiro atoms. The van der Waals surface area contributed by atoms with Crippen LogP contribution in [-0.2, 0) is 20.9 Å². The third-order valence-electron chi connectivity index (χ3n) is 4.10. The van der Waals surface area contributed by atoms with Gasteiger partial charge in [0, 0.05) is 17.7 Å². The van der Waals surface area contributed by atoms with Crippen LogP contribution in [0.2, 0.25) is 5.02 Å². The lowest BCUT2D eigenvalue weighted by Gasteiger charge is -2.29. The number of carbonyl (C=O) groups is 2. The van der Waals surface area contributed by atoms with Crippen LogP contribution in [0.5, 0.6) is 0 Å². The van der Waals surface area contributed by atoms with Crippen LogP contribution in [0.25, 0.3) is 0 Å². The summed E-state index contributed by atoms with van der Waals surface area (Å²) >= 11 is 7.52. The second-order valence-corrected chi connectivity index (χ2v) is 7.52. The number of halogens is 2. The Bertz CT molecular complexity index is 641. The van der Waals surface area contributed by atoms with E-state index in [0.717, 1.165) is 6.42 Å². The maximum Gasteiger partial charge on any atom is 0.330 e. The van der Waals surface area contributed by atoms with Gasteiger partial charge in [-0.05, 0) is 25.5 Å². The second kappa shape index (κ2) is 5.74. The zero-order valence-corrected chi connectivity index (χ0v) is 13.5. The van der Waals surface area contributed by atoms with E-state index in [0.29, 0.717) is 17.7 Å².